The smallest absolute Gasteiger partial charge is 0.434 e. The Morgan fingerprint density at radius 2 is 2.07 bits per heavy atom. The molecule has 9 heteroatoms. The van der Waals surface area contributed by atoms with Crippen molar-refractivity contribution in [2.75, 3.05) is 25.6 Å². The minimum absolute atomic E-state index is 0.189. The van der Waals surface area contributed by atoms with Crippen LogP contribution in [0.25, 0.3) is 33.1 Å². The van der Waals surface area contributed by atoms with E-state index >= 15 is 0 Å². The Balaban J connectivity index is 1.91. The molecule has 0 radical (unpaired) electrons. The largest absolute Gasteiger partial charge is 0.513 e. The maximum Gasteiger partial charge on any atom is 0.513 e. The third-order valence-corrected chi connectivity index (χ3v) is 4.40. The van der Waals surface area contributed by atoms with Gasteiger partial charge in [-0.3, -0.25) is 4.79 Å². The molecule has 148 valence electrons. The molecule has 0 aliphatic heterocycles. The summed E-state index contributed by atoms with van der Waals surface area (Å²) >= 11 is 0. The summed E-state index contributed by atoms with van der Waals surface area (Å²) < 4.78 is 10.1. The highest BCUT2D eigenvalue weighted by Gasteiger charge is 2.17. The fourth-order valence-electron chi connectivity index (χ4n) is 3.10. The first-order valence-electron chi connectivity index (χ1n) is 9.00. The van der Waals surface area contributed by atoms with Crippen LogP contribution in [-0.4, -0.2) is 46.8 Å². The second kappa shape index (κ2) is 7.27. The molecule has 0 unspecified atom stereocenters. The third kappa shape index (κ3) is 3.38. The number of pyridine rings is 1. The zero-order valence-electron chi connectivity index (χ0n) is 16.1. The van der Waals surface area contributed by atoms with E-state index in [1.54, 1.807) is 19.2 Å². The number of rotatable bonds is 4. The number of H-pyrrole nitrogens is 2. The van der Waals surface area contributed by atoms with Crippen LogP contribution in [-0.2, 0) is 4.74 Å². The van der Waals surface area contributed by atoms with Gasteiger partial charge >= 0.3 is 6.16 Å². The number of hydrogen-bond donors (Lipinski definition) is 2. The number of nitrogens with one attached hydrogen (secondary N) is 2. The standard InChI is InChI=1S/C20H19N5O4/c1-4-28-20(27)29-15-10-22-17-16(15)12-9-11(5-6-14(12)23-18(17)26)13-7-8-21-19(24-13)25(2)3/h5-10,22H,4H2,1-3H3,(H,23,26). The number of hydrogen-bond acceptors (Lipinski definition) is 7. The molecule has 0 spiro atoms. The van der Waals surface area contributed by atoms with Gasteiger partial charge in [-0.15, -0.1) is 0 Å². The number of fused-ring (bicyclic) bond motifs is 3. The van der Waals surface area contributed by atoms with Gasteiger partial charge in [-0.1, -0.05) is 6.07 Å². The molecule has 4 rings (SSSR count). The second-order valence-corrected chi connectivity index (χ2v) is 6.54. The minimum atomic E-state index is -0.829. The van der Waals surface area contributed by atoms with Crippen LogP contribution in [0.5, 0.6) is 5.75 Å². The van der Waals surface area contributed by atoms with Crippen LogP contribution in [0.4, 0.5) is 10.7 Å². The van der Waals surface area contributed by atoms with E-state index in [0.717, 1.165) is 11.3 Å². The molecule has 0 bridgehead atoms. The van der Waals surface area contributed by atoms with Crippen LogP contribution in [0.15, 0.2) is 41.5 Å². The lowest BCUT2D eigenvalue weighted by Crippen LogP contribution is -2.12. The topological polar surface area (TPSA) is 113 Å². The summed E-state index contributed by atoms with van der Waals surface area (Å²) in [6, 6.07) is 7.36. The van der Waals surface area contributed by atoms with Crippen LogP contribution in [0, 0.1) is 0 Å². The Bertz CT molecular complexity index is 1280. The van der Waals surface area contributed by atoms with Gasteiger partial charge in [0.2, 0.25) is 5.95 Å². The van der Waals surface area contributed by atoms with E-state index in [1.807, 2.05) is 37.2 Å². The molecule has 1 aromatic carbocycles. The van der Waals surface area contributed by atoms with E-state index in [4.69, 9.17) is 9.47 Å². The van der Waals surface area contributed by atoms with Crippen LogP contribution in [0.3, 0.4) is 0 Å². The molecule has 0 saturated heterocycles. The summed E-state index contributed by atoms with van der Waals surface area (Å²) in [5, 5.41) is 1.21. The highest BCUT2D eigenvalue weighted by Crippen LogP contribution is 2.33. The Kier molecular flexibility index (Phi) is 4.63. The summed E-state index contributed by atoms with van der Waals surface area (Å²) in [5.41, 5.74) is 2.18. The molecule has 0 amide bonds. The maximum atomic E-state index is 12.4. The van der Waals surface area contributed by atoms with Crippen molar-refractivity contribution in [3.63, 3.8) is 0 Å². The molecule has 4 aromatic rings. The lowest BCUT2D eigenvalue weighted by atomic mass is 10.1. The predicted molar refractivity (Wildman–Crippen MR) is 109 cm³/mol. The molecule has 2 N–H and O–H groups in total. The van der Waals surface area contributed by atoms with Crippen LogP contribution in [0.2, 0.25) is 0 Å². The van der Waals surface area contributed by atoms with Crippen molar-refractivity contribution in [2.45, 2.75) is 6.92 Å². The van der Waals surface area contributed by atoms with E-state index in [2.05, 4.69) is 19.9 Å². The van der Waals surface area contributed by atoms with Crippen molar-refractivity contribution in [2.24, 2.45) is 0 Å². The van der Waals surface area contributed by atoms with Crippen LogP contribution < -0.4 is 15.2 Å². The van der Waals surface area contributed by atoms with Crippen LogP contribution in [0.1, 0.15) is 6.92 Å². The summed E-state index contributed by atoms with van der Waals surface area (Å²) in [5.74, 6) is 0.811. The Hall–Kier alpha value is -3.88. The van der Waals surface area contributed by atoms with E-state index in [9.17, 15) is 9.59 Å². The summed E-state index contributed by atoms with van der Waals surface area (Å²) in [6.45, 7) is 1.88. The molecule has 29 heavy (non-hydrogen) atoms. The van der Waals surface area contributed by atoms with Crippen molar-refractivity contribution in [1.29, 1.82) is 0 Å². The normalized spacial score (nSPS) is 11.0. The quantitative estimate of drug-likeness (QED) is 0.512. The van der Waals surface area contributed by atoms with Gasteiger partial charge in [0.25, 0.3) is 5.56 Å². The molecule has 3 heterocycles. The van der Waals surface area contributed by atoms with Gasteiger partial charge in [0.1, 0.15) is 5.52 Å². The summed E-state index contributed by atoms with van der Waals surface area (Å²) in [7, 11) is 3.74. The minimum Gasteiger partial charge on any atom is -0.434 e. The first kappa shape index (κ1) is 18.5. The first-order valence-corrected chi connectivity index (χ1v) is 9.00. The summed E-state index contributed by atoms with van der Waals surface area (Å²) in [6.07, 6.45) is 2.33. The number of carbonyl (C=O) groups is 1. The highest BCUT2D eigenvalue weighted by atomic mass is 16.7. The fraction of sp³-hybridized carbons (Fsp3) is 0.200. The van der Waals surface area contributed by atoms with Gasteiger partial charge in [-0.05, 0) is 25.1 Å². The number of carbonyl (C=O) groups excluding carboxylic acids is 1. The SMILES string of the molecule is CCOC(=O)Oc1c[nH]c2c(=O)[nH]c3ccc(-c4ccnc(N(C)C)n4)cc3c12. The molecule has 0 fully saturated rings. The highest BCUT2D eigenvalue weighted by molar-refractivity contribution is 6.09. The van der Waals surface area contributed by atoms with Crippen LogP contribution >= 0.6 is 0 Å². The maximum absolute atomic E-state index is 12.4. The zero-order valence-corrected chi connectivity index (χ0v) is 16.1. The first-order chi connectivity index (χ1) is 14.0. The predicted octanol–water partition coefficient (Wildman–Crippen LogP) is 3.07. The molecule has 0 atom stereocenters. The van der Waals surface area contributed by atoms with Gasteiger partial charge in [0.15, 0.2) is 5.75 Å². The number of benzene rings is 1. The van der Waals surface area contributed by atoms with Crippen molar-refractivity contribution in [3.05, 3.63) is 47.0 Å². The van der Waals surface area contributed by atoms with Gasteiger partial charge in [-0.2, -0.15) is 0 Å². The zero-order chi connectivity index (χ0) is 20.5. The van der Waals surface area contributed by atoms with Gasteiger partial charge < -0.3 is 24.3 Å². The van der Waals surface area contributed by atoms with E-state index in [-0.39, 0.29) is 17.9 Å². The van der Waals surface area contributed by atoms with Gasteiger partial charge in [0, 0.05) is 43.0 Å². The van der Waals surface area contributed by atoms with Crippen molar-refractivity contribution < 1.29 is 14.3 Å². The average molecular weight is 393 g/mol. The average Bonchev–Trinajstić information content (AvgIpc) is 3.12. The number of aromatic nitrogens is 4. The fourth-order valence-corrected chi connectivity index (χ4v) is 3.10. The van der Waals surface area contributed by atoms with Crippen molar-refractivity contribution >= 4 is 33.9 Å². The monoisotopic (exact) mass is 393 g/mol. The molecular formula is C20H19N5O4. The van der Waals surface area contributed by atoms with Crippen molar-refractivity contribution in [1.82, 2.24) is 19.9 Å². The molecule has 3 aromatic heterocycles. The molecular weight excluding hydrogens is 374 g/mol. The Labute approximate surface area is 165 Å². The number of ether oxygens (including phenoxy) is 2. The Morgan fingerprint density at radius 1 is 1.24 bits per heavy atom. The second-order valence-electron chi connectivity index (χ2n) is 6.54. The van der Waals surface area contributed by atoms with Gasteiger partial charge in [-0.25, -0.2) is 14.8 Å². The third-order valence-electron chi connectivity index (χ3n) is 4.40. The Morgan fingerprint density at radius 3 is 2.83 bits per heavy atom. The van der Waals surface area contributed by atoms with Crippen molar-refractivity contribution in [3.8, 4) is 17.0 Å². The van der Waals surface area contributed by atoms with E-state index < -0.39 is 6.16 Å². The summed E-state index contributed by atoms with van der Waals surface area (Å²) in [4.78, 5) is 40.5. The molecule has 0 aliphatic rings. The number of anilines is 1. The van der Waals surface area contributed by atoms with Gasteiger partial charge in [0.05, 0.1) is 17.7 Å². The molecule has 0 saturated carbocycles. The lowest BCUT2D eigenvalue weighted by Gasteiger charge is -2.11. The number of aromatic amines is 2. The van der Waals surface area contributed by atoms with E-state index in [1.165, 1.54) is 6.20 Å². The molecule has 0 aliphatic carbocycles. The molecule has 9 nitrogen and oxygen atoms in total. The van der Waals surface area contributed by atoms with E-state index in [0.29, 0.717) is 27.8 Å². The lowest BCUT2D eigenvalue weighted by molar-refractivity contribution is 0.105. The number of nitrogens with zero attached hydrogens (tertiary/aromatic N) is 3.